The number of ether oxygens (including phenoxy) is 2. The number of aromatic nitrogens is 1. The highest BCUT2D eigenvalue weighted by Gasteiger charge is 2.11. The monoisotopic (exact) mass is 329 g/mol. The van der Waals surface area contributed by atoms with E-state index in [1.165, 1.54) is 18.9 Å². The van der Waals surface area contributed by atoms with Crippen LogP contribution in [-0.4, -0.2) is 30.9 Å². The first-order chi connectivity index (χ1) is 11.2. The molecule has 0 atom stereocenters. The van der Waals surface area contributed by atoms with Gasteiger partial charge in [0, 0.05) is 12.3 Å². The van der Waals surface area contributed by atoms with Gasteiger partial charge in [0.1, 0.15) is 22.6 Å². The van der Waals surface area contributed by atoms with Crippen molar-refractivity contribution in [2.24, 2.45) is 0 Å². The van der Waals surface area contributed by atoms with Crippen LogP contribution in [-0.2, 0) is 4.79 Å². The topological polar surface area (TPSA) is 84.2 Å². The van der Waals surface area contributed by atoms with Gasteiger partial charge in [0.2, 0.25) is 5.91 Å². The zero-order valence-electron chi connectivity index (χ0n) is 12.7. The maximum absolute atomic E-state index is 12.1. The number of anilines is 1. The third-order valence-corrected chi connectivity index (χ3v) is 3.92. The fraction of sp³-hybridized carbons (Fsp3) is 0.188. The summed E-state index contributed by atoms with van der Waals surface area (Å²) in [6, 6.07) is 10.5. The number of amides is 1. The van der Waals surface area contributed by atoms with Gasteiger partial charge in [-0.05, 0) is 24.3 Å². The Morgan fingerprint density at radius 1 is 1.35 bits per heavy atom. The largest absolute Gasteiger partial charge is 0.497 e. The normalized spacial score (nSPS) is 9.78. The summed E-state index contributed by atoms with van der Waals surface area (Å²) in [6.07, 6.45) is 1.59. The smallest absolute Gasteiger partial charge is 0.234 e. The molecule has 2 aromatic rings. The second-order valence-corrected chi connectivity index (χ2v) is 5.34. The number of carbonyl (C=O) groups excluding carboxylic acids is 1. The number of rotatable bonds is 6. The number of thioether (sulfide) groups is 1. The Balaban J connectivity index is 2.01. The molecule has 6 nitrogen and oxygen atoms in total. The number of benzene rings is 1. The van der Waals surface area contributed by atoms with Crippen molar-refractivity contribution in [3.63, 3.8) is 0 Å². The van der Waals surface area contributed by atoms with Crippen molar-refractivity contribution in [2.75, 3.05) is 25.3 Å². The van der Waals surface area contributed by atoms with E-state index in [0.717, 1.165) is 0 Å². The van der Waals surface area contributed by atoms with Gasteiger partial charge in [-0.3, -0.25) is 4.79 Å². The molecule has 23 heavy (non-hydrogen) atoms. The standard InChI is InChI=1S/C16H15N3O3S/c1-21-12-5-6-13(14(8-12)22-2)19-15(20)10-23-16-11(9-17)4-3-7-18-16/h3-8H,10H2,1-2H3,(H,19,20). The minimum atomic E-state index is -0.215. The van der Waals surface area contributed by atoms with Crippen LogP contribution >= 0.6 is 11.8 Å². The van der Waals surface area contributed by atoms with Gasteiger partial charge < -0.3 is 14.8 Å². The molecule has 2 rings (SSSR count). The van der Waals surface area contributed by atoms with Crippen molar-refractivity contribution in [3.8, 4) is 17.6 Å². The predicted octanol–water partition coefficient (Wildman–Crippen LogP) is 2.70. The van der Waals surface area contributed by atoms with E-state index in [1.807, 2.05) is 0 Å². The Labute approximate surface area is 138 Å². The number of methoxy groups -OCH3 is 2. The maximum Gasteiger partial charge on any atom is 0.234 e. The van der Waals surface area contributed by atoms with Crippen molar-refractivity contribution in [3.05, 3.63) is 42.1 Å². The summed E-state index contributed by atoms with van der Waals surface area (Å²) in [5, 5.41) is 12.3. The molecule has 7 heteroatoms. The van der Waals surface area contributed by atoms with Gasteiger partial charge in [-0.15, -0.1) is 0 Å². The third kappa shape index (κ3) is 4.37. The van der Waals surface area contributed by atoms with Crippen LogP contribution in [0, 0.1) is 11.3 Å². The lowest BCUT2D eigenvalue weighted by atomic mass is 10.2. The van der Waals surface area contributed by atoms with E-state index in [0.29, 0.717) is 27.8 Å². The first-order valence-electron chi connectivity index (χ1n) is 6.67. The molecule has 1 aromatic carbocycles. The highest BCUT2D eigenvalue weighted by molar-refractivity contribution is 8.00. The van der Waals surface area contributed by atoms with Crippen LogP contribution in [0.1, 0.15) is 5.56 Å². The van der Waals surface area contributed by atoms with Crippen LogP contribution in [0.3, 0.4) is 0 Å². The van der Waals surface area contributed by atoms with Crippen LogP contribution in [0.4, 0.5) is 5.69 Å². The highest BCUT2D eigenvalue weighted by atomic mass is 32.2. The number of nitriles is 1. The van der Waals surface area contributed by atoms with Crippen molar-refractivity contribution in [1.29, 1.82) is 5.26 Å². The molecule has 0 spiro atoms. The van der Waals surface area contributed by atoms with Gasteiger partial charge in [-0.25, -0.2) is 4.98 Å². The summed E-state index contributed by atoms with van der Waals surface area (Å²) in [5.41, 5.74) is 1.01. The summed E-state index contributed by atoms with van der Waals surface area (Å²) in [7, 11) is 3.08. The van der Waals surface area contributed by atoms with E-state index in [-0.39, 0.29) is 11.7 Å². The Hall–Kier alpha value is -2.72. The van der Waals surface area contributed by atoms with Crippen LogP contribution in [0.2, 0.25) is 0 Å². The molecule has 0 saturated carbocycles. The molecular weight excluding hydrogens is 314 g/mol. The van der Waals surface area contributed by atoms with Crippen LogP contribution in [0.15, 0.2) is 41.6 Å². The lowest BCUT2D eigenvalue weighted by Gasteiger charge is -2.11. The number of nitrogens with one attached hydrogen (secondary N) is 1. The van der Waals surface area contributed by atoms with Crippen molar-refractivity contribution >= 4 is 23.4 Å². The summed E-state index contributed by atoms with van der Waals surface area (Å²) in [5.74, 6) is 1.08. The molecular formula is C16H15N3O3S. The van der Waals surface area contributed by atoms with Gasteiger partial charge in [0.05, 0.1) is 31.2 Å². The van der Waals surface area contributed by atoms with Gasteiger partial charge in [-0.2, -0.15) is 5.26 Å². The highest BCUT2D eigenvalue weighted by Crippen LogP contribution is 2.29. The number of hydrogen-bond acceptors (Lipinski definition) is 6. The fourth-order valence-electron chi connectivity index (χ4n) is 1.81. The van der Waals surface area contributed by atoms with Crippen molar-refractivity contribution in [1.82, 2.24) is 4.98 Å². The van der Waals surface area contributed by atoms with Crippen molar-refractivity contribution in [2.45, 2.75) is 5.03 Å². The molecule has 1 aromatic heterocycles. The molecule has 0 aliphatic rings. The molecule has 0 bridgehead atoms. The average Bonchev–Trinajstić information content (AvgIpc) is 2.60. The molecule has 0 saturated heterocycles. The Bertz CT molecular complexity index is 744. The van der Waals surface area contributed by atoms with E-state index in [2.05, 4.69) is 16.4 Å². The summed E-state index contributed by atoms with van der Waals surface area (Å²) in [6.45, 7) is 0. The summed E-state index contributed by atoms with van der Waals surface area (Å²) in [4.78, 5) is 16.2. The first-order valence-corrected chi connectivity index (χ1v) is 7.66. The predicted molar refractivity (Wildman–Crippen MR) is 87.9 cm³/mol. The molecule has 0 radical (unpaired) electrons. The molecule has 0 aliphatic heterocycles. The lowest BCUT2D eigenvalue weighted by Crippen LogP contribution is -2.15. The Morgan fingerprint density at radius 3 is 2.87 bits per heavy atom. The van der Waals surface area contributed by atoms with E-state index in [1.54, 1.807) is 43.6 Å². The fourth-order valence-corrected chi connectivity index (χ4v) is 2.56. The minimum Gasteiger partial charge on any atom is -0.497 e. The Morgan fingerprint density at radius 2 is 2.17 bits per heavy atom. The van der Waals surface area contributed by atoms with E-state index in [9.17, 15) is 4.79 Å². The molecule has 0 fully saturated rings. The van der Waals surface area contributed by atoms with Gasteiger partial charge >= 0.3 is 0 Å². The summed E-state index contributed by atoms with van der Waals surface area (Å²) < 4.78 is 10.3. The first kappa shape index (κ1) is 16.6. The van der Waals surface area contributed by atoms with Crippen LogP contribution < -0.4 is 14.8 Å². The lowest BCUT2D eigenvalue weighted by molar-refractivity contribution is -0.113. The second kappa shape index (κ2) is 8.06. The van der Waals surface area contributed by atoms with Crippen molar-refractivity contribution < 1.29 is 14.3 Å². The molecule has 1 N–H and O–H groups in total. The quantitative estimate of drug-likeness (QED) is 0.820. The molecule has 0 unspecified atom stereocenters. The van der Waals surface area contributed by atoms with E-state index >= 15 is 0 Å². The van der Waals surface area contributed by atoms with Crippen LogP contribution in [0.25, 0.3) is 0 Å². The molecule has 118 valence electrons. The second-order valence-electron chi connectivity index (χ2n) is 4.37. The Kier molecular flexibility index (Phi) is 5.83. The summed E-state index contributed by atoms with van der Waals surface area (Å²) >= 11 is 1.21. The zero-order valence-corrected chi connectivity index (χ0v) is 13.5. The van der Waals surface area contributed by atoms with Gasteiger partial charge in [0.25, 0.3) is 0 Å². The van der Waals surface area contributed by atoms with Gasteiger partial charge in [0.15, 0.2) is 0 Å². The zero-order chi connectivity index (χ0) is 16.7. The number of carbonyl (C=O) groups is 1. The molecule has 1 heterocycles. The number of pyridine rings is 1. The maximum atomic E-state index is 12.1. The number of nitrogens with zero attached hydrogens (tertiary/aromatic N) is 2. The van der Waals surface area contributed by atoms with Gasteiger partial charge in [-0.1, -0.05) is 11.8 Å². The number of hydrogen-bond donors (Lipinski definition) is 1. The SMILES string of the molecule is COc1ccc(NC(=O)CSc2ncccc2C#N)c(OC)c1. The van der Waals surface area contributed by atoms with Crippen LogP contribution in [0.5, 0.6) is 11.5 Å². The van der Waals surface area contributed by atoms with E-state index in [4.69, 9.17) is 14.7 Å². The average molecular weight is 329 g/mol. The third-order valence-electron chi connectivity index (χ3n) is 2.91. The minimum absolute atomic E-state index is 0.140. The molecule has 0 aliphatic carbocycles. The molecule has 1 amide bonds. The van der Waals surface area contributed by atoms with E-state index < -0.39 is 0 Å².